The zero-order valence-corrected chi connectivity index (χ0v) is 28.1. The smallest absolute Gasteiger partial charge is 0.287 e. The van der Waals surface area contributed by atoms with Crippen molar-refractivity contribution in [1.29, 1.82) is 0 Å². The molecule has 0 saturated carbocycles. The number of para-hydroxylation sites is 2. The highest BCUT2D eigenvalue weighted by molar-refractivity contribution is 7.95. The zero-order valence-electron chi connectivity index (χ0n) is 27.3. The number of nitrogens with zero attached hydrogens (tertiary/aromatic N) is 4. The molecule has 2 amide bonds. The Morgan fingerprint density at radius 2 is 0.957 bits per heavy atom. The van der Waals surface area contributed by atoms with Crippen molar-refractivity contribution in [1.82, 2.24) is 8.61 Å². The fourth-order valence-electron chi connectivity index (χ4n) is 4.65. The molecule has 0 aliphatic carbocycles. The van der Waals surface area contributed by atoms with Gasteiger partial charge < -0.3 is 19.1 Å². The molecular weight excluding hydrogens is 616 g/mol. The summed E-state index contributed by atoms with van der Waals surface area (Å²) in [6.07, 6.45) is 0. The normalized spacial score (nSPS) is 11.4. The Balaban J connectivity index is 1.51. The number of oxime groups is 2. The summed E-state index contributed by atoms with van der Waals surface area (Å²) < 4.78 is 14.7. The number of hydrogen-bond acceptors (Lipinski definition) is 9. The summed E-state index contributed by atoms with van der Waals surface area (Å²) in [6, 6.07) is 30.0. The molecular formula is C36H38N4O6S. The van der Waals surface area contributed by atoms with E-state index in [4.69, 9.17) is 19.1 Å². The van der Waals surface area contributed by atoms with E-state index in [1.807, 2.05) is 98.8 Å². The Labute approximate surface area is 279 Å². The summed E-state index contributed by atoms with van der Waals surface area (Å²) >= 11 is 0.882. The van der Waals surface area contributed by atoms with Gasteiger partial charge in [0, 0.05) is 25.2 Å². The Kier molecular flexibility index (Phi) is 12.4. The second-order valence-corrected chi connectivity index (χ2v) is 11.6. The van der Waals surface area contributed by atoms with Crippen LogP contribution in [0.25, 0.3) is 0 Å². The van der Waals surface area contributed by atoms with Crippen LogP contribution in [-0.4, -0.2) is 60.2 Å². The van der Waals surface area contributed by atoms with Crippen LogP contribution in [-0.2, 0) is 32.5 Å². The Hall–Kier alpha value is -5.29. The molecule has 0 N–H and O–H groups in total. The van der Waals surface area contributed by atoms with Crippen molar-refractivity contribution in [3.63, 3.8) is 0 Å². The third-order valence-electron chi connectivity index (χ3n) is 7.09. The van der Waals surface area contributed by atoms with Crippen LogP contribution >= 0.6 is 12.1 Å². The van der Waals surface area contributed by atoms with Crippen molar-refractivity contribution in [2.24, 2.45) is 10.3 Å². The Morgan fingerprint density at radius 3 is 1.34 bits per heavy atom. The van der Waals surface area contributed by atoms with Gasteiger partial charge in [-0.2, -0.15) is 0 Å². The highest BCUT2D eigenvalue weighted by atomic mass is 32.2. The summed E-state index contributed by atoms with van der Waals surface area (Å²) in [6.45, 7) is 4.34. The van der Waals surface area contributed by atoms with Gasteiger partial charge in [0.05, 0.1) is 12.1 Å². The highest BCUT2D eigenvalue weighted by Gasteiger charge is 2.28. The zero-order chi connectivity index (χ0) is 33.8. The quantitative estimate of drug-likeness (QED) is 0.0888. The molecule has 10 nitrogen and oxygen atoms in total. The van der Waals surface area contributed by atoms with Gasteiger partial charge >= 0.3 is 0 Å². The van der Waals surface area contributed by atoms with E-state index in [2.05, 4.69) is 10.3 Å². The molecule has 0 bridgehead atoms. The first-order valence-electron chi connectivity index (χ1n) is 14.7. The number of benzene rings is 4. The van der Waals surface area contributed by atoms with Crippen molar-refractivity contribution in [3.05, 3.63) is 130 Å². The first-order chi connectivity index (χ1) is 22.7. The summed E-state index contributed by atoms with van der Waals surface area (Å²) in [5, 5.41) is 8.14. The van der Waals surface area contributed by atoms with Gasteiger partial charge in [-0.15, -0.1) is 0 Å². The molecule has 0 unspecified atom stereocenters. The van der Waals surface area contributed by atoms with Crippen molar-refractivity contribution in [2.45, 2.75) is 27.1 Å². The van der Waals surface area contributed by atoms with E-state index in [1.165, 1.54) is 22.8 Å². The molecule has 0 heterocycles. The fourth-order valence-corrected chi connectivity index (χ4v) is 5.34. The molecule has 0 fully saturated rings. The predicted molar refractivity (Wildman–Crippen MR) is 184 cm³/mol. The Bertz CT molecular complexity index is 1630. The second-order valence-electron chi connectivity index (χ2n) is 10.4. The SMILES string of the molecule is CON=C(C(=O)N(C)SN(C)C(=O)C(=NOC)c1ccccc1COc1ccccc1C)c1ccccc1COc1ccccc1C. The van der Waals surface area contributed by atoms with Crippen molar-refractivity contribution in [3.8, 4) is 11.5 Å². The lowest BCUT2D eigenvalue weighted by atomic mass is 10.0. The molecule has 4 aromatic carbocycles. The molecule has 0 aliphatic rings. The molecule has 244 valence electrons. The molecule has 4 aromatic rings. The monoisotopic (exact) mass is 654 g/mol. The number of ether oxygens (including phenoxy) is 2. The maximum Gasteiger partial charge on any atom is 0.287 e. The van der Waals surface area contributed by atoms with Crippen LogP contribution in [0.4, 0.5) is 0 Å². The van der Waals surface area contributed by atoms with E-state index in [9.17, 15) is 9.59 Å². The van der Waals surface area contributed by atoms with Crippen LogP contribution in [0.15, 0.2) is 107 Å². The molecule has 4 rings (SSSR count). The van der Waals surface area contributed by atoms with Gasteiger partial charge in [0.1, 0.15) is 38.9 Å². The van der Waals surface area contributed by atoms with Gasteiger partial charge in [-0.3, -0.25) is 18.2 Å². The van der Waals surface area contributed by atoms with Crippen LogP contribution in [0.1, 0.15) is 33.4 Å². The van der Waals surface area contributed by atoms with Crippen LogP contribution in [0.5, 0.6) is 11.5 Å². The lowest BCUT2D eigenvalue weighted by Gasteiger charge is -2.24. The summed E-state index contributed by atoms with van der Waals surface area (Å²) in [5.41, 5.74) is 4.65. The van der Waals surface area contributed by atoms with Crippen LogP contribution in [0, 0.1) is 13.8 Å². The maximum atomic E-state index is 13.8. The van der Waals surface area contributed by atoms with Gasteiger partial charge in [0.25, 0.3) is 11.8 Å². The van der Waals surface area contributed by atoms with E-state index in [-0.39, 0.29) is 24.6 Å². The summed E-state index contributed by atoms with van der Waals surface area (Å²) in [4.78, 5) is 37.7. The van der Waals surface area contributed by atoms with Crippen LogP contribution in [0.3, 0.4) is 0 Å². The standard InChI is InChI=1S/C36H38N4O6S/c1-25-15-7-13-21-31(25)45-23-27-17-9-11-19-29(27)33(37-43-5)35(41)39(3)47-40(4)36(42)34(38-44-6)30-20-12-10-18-28(30)24-46-32-22-14-8-16-26(32)2/h7-22H,23-24H2,1-6H3. The molecule has 0 radical (unpaired) electrons. The van der Waals surface area contributed by atoms with Crippen molar-refractivity contribution >= 4 is 35.4 Å². The van der Waals surface area contributed by atoms with Gasteiger partial charge in [0.15, 0.2) is 11.4 Å². The van der Waals surface area contributed by atoms with Crippen LogP contribution in [0.2, 0.25) is 0 Å². The molecule has 0 spiro atoms. The number of hydrogen-bond donors (Lipinski definition) is 0. The molecule has 47 heavy (non-hydrogen) atoms. The minimum atomic E-state index is -0.489. The number of aryl methyl sites for hydroxylation is 2. The highest BCUT2D eigenvalue weighted by Crippen LogP contribution is 2.24. The molecule has 0 saturated heterocycles. The predicted octanol–water partition coefficient (Wildman–Crippen LogP) is 6.34. The minimum absolute atomic E-state index is 0.0526. The lowest BCUT2D eigenvalue weighted by Crippen LogP contribution is -2.37. The van der Waals surface area contributed by atoms with E-state index in [0.29, 0.717) is 11.1 Å². The average Bonchev–Trinajstić information content (AvgIpc) is 3.08. The number of carbonyl (C=O) groups is 2. The largest absolute Gasteiger partial charge is 0.489 e. The average molecular weight is 655 g/mol. The minimum Gasteiger partial charge on any atom is -0.489 e. The topological polar surface area (TPSA) is 102 Å². The molecule has 0 atom stereocenters. The van der Waals surface area contributed by atoms with E-state index >= 15 is 0 Å². The summed E-state index contributed by atoms with van der Waals surface area (Å²) in [7, 11) is 5.84. The lowest BCUT2D eigenvalue weighted by molar-refractivity contribution is -0.119. The number of likely N-dealkylation sites (N-methyl/N-ethyl adjacent to an activating group) is 2. The van der Waals surface area contributed by atoms with E-state index in [1.54, 1.807) is 26.2 Å². The number of amides is 2. The van der Waals surface area contributed by atoms with Crippen LogP contribution < -0.4 is 9.47 Å². The number of rotatable bonds is 14. The van der Waals surface area contributed by atoms with Crippen molar-refractivity contribution in [2.75, 3.05) is 28.3 Å². The Morgan fingerprint density at radius 1 is 0.596 bits per heavy atom. The van der Waals surface area contributed by atoms with Crippen molar-refractivity contribution < 1.29 is 28.7 Å². The maximum absolute atomic E-state index is 13.8. The third-order valence-corrected chi connectivity index (χ3v) is 7.91. The van der Waals surface area contributed by atoms with Gasteiger partial charge in [-0.25, -0.2) is 0 Å². The number of carbonyl (C=O) groups excluding carboxylic acids is 2. The van der Waals surface area contributed by atoms with Gasteiger partial charge in [-0.1, -0.05) is 95.2 Å². The fraction of sp³-hybridized carbons (Fsp3) is 0.222. The molecule has 11 heteroatoms. The molecule has 0 aromatic heterocycles. The first-order valence-corrected chi connectivity index (χ1v) is 15.5. The second kappa shape index (κ2) is 16.9. The van der Waals surface area contributed by atoms with Gasteiger partial charge in [-0.05, 0) is 48.2 Å². The first kappa shape index (κ1) is 34.6. The van der Waals surface area contributed by atoms with Gasteiger partial charge in [0.2, 0.25) is 0 Å². The van der Waals surface area contributed by atoms with E-state index < -0.39 is 11.8 Å². The summed E-state index contributed by atoms with van der Waals surface area (Å²) in [5.74, 6) is 0.501. The third kappa shape index (κ3) is 8.92. The van der Waals surface area contributed by atoms with E-state index in [0.717, 1.165) is 45.9 Å². The molecule has 0 aliphatic heterocycles.